The van der Waals surface area contributed by atoms with E-state index in [9.17, 15) is 9.59 Å². The molecule has 0 aliphatic carbocycles. The Morgan fingerprint density at radius 3 is 2.00 bits per heavy atom. The molecule has 0 N–H and O–H groups in total. The summed E-state index contributed by atoms with van der Waals surface area (Å²) < 4.78 is 11.6. The van der Waals surface area contributed by atoms with E-state index in [2.05, 4.69) is 82.9 Å². The Kier molecular flexibility index (Phi) is 12.5. The van der Waals surface area contributed by atoms with Crippen LogP contribution in [0.4, 0.5) is 0 Å². The van der Waals surface area contributed by atoms with Crippen LogP contribution in [-0.4, -0.2) is 32.2 Å². The van der Waals surface area contributed by atoms with E-state index in [-0.39, 0.29) is 23.8 Å². The van der Waals surface area contributed by atoms with Gasteiger partial charge in [-0.05, 0) is 94.2 Å². The predicted molar refractivity (Wildman–Crippen MR) is 166 cm³/mol. The highest BCUT2D eigenvalue weighted by Gasteiger charge is 2.31. The second kappa shape index (κ2) is 14.8. The summed E-state index contributed by atoms with van der Waals surface area (Å²) in [7, 11) is -1.32. The van der Waals surface area contributed by atoms with Crippen molar-refractivity contribution in [1.29, 1.82) is 0 Å². The molecule has 0 aliphatic rings. The molecule has 0 fully saturated rings. The van der Waals surface area contributed by atoms with Crippen LogP contribution in [0.25, 0.3) is 11.1 Å². The molecule has 2 aromatic carbocycles. The fraction of sp³-hybridized carbons (Fsp3) is 0.588. The maximum absolute atomic E-state index is 13.3. The number of unbranched alkanes of at least 4 members (excludes halogenated alkanes) is 1. The summed E-state index contributed by atoms with van der Waals surface area (Å²) >= 11 is 0. The molecule has 4 nitrogen and oxygen atoms in total. The zero-order valence-corrected chi connectivity index (χ0v) is 27.0. The highest BCUT2D eigenvalue weighted by Crippen LogP contribution is 2.29. The Morgan fingerprint density at radius 1 is 0.872 bits per heavy atom. The Balaban J connectivity index is 2.19. The smallest absolute Gasteiger partial charge is 0.309 e. The largest absolute Gasteiger partial charge is 0.466 e. The van der Waals surface area contributed by atoms with Crippen molar-refractivity contribution >= 4 is 20.0 Å². The van der Waals surface area contributed by atoms with Crippen molar-refractivity contribution in [2.45, 2.75) is 111 Å². The SMILES string of the molecule is CCCC[C@@H](C[C@@H](CCc1ccc(-c2c(C)cccc2C)cc1)C(=O)OCC[Si](C)(C)C)C(=O)OC(C)(C)C. The molecule has 2 atom stereocenters. The fourth-order valence-corrected chi connectivity index (χ4v) is 5.58. The van der Waals surface area contributed by atoms with Gasteiger partial charge in [-0.3, -0.25) is 9.59 Å². The number of hydrogen-bond donors (Lipinski definition) is 0. The second-order valence-electron chi connectivity index (χ2n) is 13.3. The molecule has 0 spiro atoms. The van der Waals surface area contributed by atoms with E-state index in [4.69, 9.17) is 9.47 Å². The van der Waals surface area contributed by atoms with Crippen LogP contribution in [0, 0.1) is 25.7 Å². The third-order valence-corrected chi connectivity index (χ3v) is 8.85. The molecule has 0 unspecified atom stereocenters. The van der Waals surface area contributed by atoms with Gasteiger partial charge in [0, 0.05) is 8.07 Å². The molecule has 0 aliphatic heterocycles. The molecule has 216 valence electrons. The molecule has 0 radical (unpaired) electrons. The highest BCUT2D eigenvalue weighted by atomic mass is 28.3. The number of aryl methyl sites for hydroxylation is 3. The Labute approximate surface area is 238 Å². The number of hydrogen-bond acceptors (Lipinski definition) is 4. The van der Waals surface area contributed by atoms with Crippen LogP contribution in [0.3, 0.4) is 0 Å². The lowest BCUT2D eigenvalue weighted by molar-refractivity contribution is -0.162. The first-order valence-electron chi connectivity index (χ1n) is 14.7. The van der Waals surface area contributed by atoms with Crippen LogP contribution in [0.1, 0.15) is 76.5 Å². The minimum atomic E-state index is -1.32. The van der Waals surface area contributed by atoms with Crippen LogP contribution in [-0.2, 0) is 25.5 Å². The third-order valence-electron chi connectivity index (χ3n) is 7.15. The van der Waals surface area contributed by atoms with E-state index in [1.807, 2.05) is 20.8 Å². The van der Waals surface area contributed by atoms with Crippen molar-refractivity contribution in [3.8, 4) is 11.1 Å². The summed E-state index contributed by atoms with van der Waals surface area (Å²) in [5.41, 5.74) is 5.66. The molecule has 0 aromatic heterocycles. The summed E-state index contributed by atoms with van der Waals surface area (Å²) in [6.45, 7) is 19.4. The molecular formula is C34H52O4Si. The van der Waals surface area contributed by atoms with Gasteiger partial charge in [0.2, 0.25) is 0 Å². The maximum Gasteiger partial charge on any atom is 0.309 e. The minimum absolute atomic E-state index is 0.175. The van der Waals surface area contributed by atoms with Crippen LogP contribution >= 0.6 is 0 Å². The third kappa shape index (κ3) is 11.7. The normalized spacial score (nSPS) is 13.6. The monoisotopic (exact) mass is 552 g/mol. The summed E-state index contributed by atoms with van der Waals surface area (Å²) in [6.07, 6.45) is 4.55. The zero-order valence-electron chi connectivity index (χ0n) is 26.0. The van der Waals surface area contributed by atoms with Gasteiger partial charge in [0.15, 0.2) is 0 Å². The molecule has 2 aromatic rings. The van der Waals surface area contributed by atoms with Gasteiger partial charge in [0.25, 0.3) is 0 Å². The van der Waals surface area contributed by atoms with Gasteiger partial charge < -0.3 is 9.47 Å². The number of rotatable bonds is 14. The number of esters is 2. The average Bonchev–Trinajstić information content (AvgIpc) is 2.82. The highest BCUT2D eigenvalue weighted by molar-refractivity contribution is 6.76. The van der Waals surface area contributed by atoms with Crippen LogP contribution in [0.5, 0.6) is 0 Å². The van der Waals surface area contributed by atoms with Gasteiger partial charge in [0.05, 0.1) is 18.4 Å². The van der Waals surface area contributed by atoms with Crippen LogP contribution in [0.2, 0.25) is 25.7 Å². The Hall–Kier alpha value is -2.40. The second-order valence-corrected chi connectivity index (χ2v) is 18.9. The van der Waals surface area contributed by atoms with E-state index < -0.39 is 13.7 Å². The lowest BCUT2D eigenvalue weighted by Crippen LogP contribution is -2.32. The van der Waals surface area contributed by atoms with Crippen LogP contribution < -0.4 is 0 Å². The van der Waals surface area contributed by atoms with Crippen molar-refractivity contribution in [1.82, 2.24) is 0 Å². The first-order chi connectivity index (χ1) is 18.2. The minimum Gasteiger partial charge on any atom is -0.466 e. The summed E-state index contributed by atoms with van der Waals surface area (Å²) in [5, 5.41) is 0. The molecule has 0 heterocycles. The Bertz CT molecular complexity index is 1040. The molecule has 0 amide bonds. The predicted octanol–water partition coefficient (Wildman–Crippen LogP) is 8.94. The molecule has 5 heteroatoms. The van der Waals surface area contributed by atoms with Crippen molar-refractivity contribution in [2.75, 3.05) is 6.61 Å². The van der Waals surface area contributed by atoms with Gasteiger partial charge in [-0.15, -0.1) is 0 Å². The molecule has 0 saturated carbocycles. The number of benzene rings is 2. The first kappa shape index (κ1) is 32.8. The van der Waals surface area contributed by atoms with Gasteiger partial charge in [-0.2, -0.15) is 0 Å². The average molecular weight is 553 g/mol. The lowest BCUT2D eigenvalue weighted by atomic mass is 9.86. The number of carbonyl (C=O) groups excluding carboxylic acids is 2. The molecule has 0 saturated heterocycles. The molecule has 39 heavy (non-hydrogen) atoms. The van der Waals surface area contributed by atoms with Crippen molar-refractivity contribution < 1.29 is 19.1 Å². The van der Waals surface area contributed by atoms with Gasteiger partial charge >= 0.3 is 11.9 Å². The molecule has 2 rings (SSSR count). The quantitative estimate of drug-likeness (QED) is 0.173. The van der Waals surface area contributed by atoms with Crippen molar-refractivity contribution in [3.63, 3.8) is 0 Å². The summed E-state index contributed by atoms with van der Waals surface area (Å²) in [5.74, 6) is -1.01. The summed E-state index contributed by atoms with van der Waals surface area (Å²) in [4.78, 5) is 26.4. The van der Waals surface area contributed by atoms with E-state index in [0.717, 1.165) is 31.7 Å². The summed E-state index contributed by atoms with van der Waals surface area (Å²) in [6, 6.07) is 16.0. The molecule has 0 bridgehead atoms. The van der Waals surface area contributed by atoms with Crippen molar-refractivity contribution in [3.05, 3.63) is 59.2 Å². The van der Waals surface area contributed by atoms with E-state index >= 15 is 0 Å². The number of ether oxygens (including phenoxy) is 2. The van der Waals surface area contributed by atoms with E-state index in [1.54, 1.807) is 0 Å². The van der Waals surface area contributed by atoms with E-state index in [1.165, 1.54) is 27.8 Å². The lowest BCUT2D eigenvalue weighted by Gasteiger charge is -2.26. The first-order valence-corrected chi connectivity index (χ1v) is 18.5. The Morgan fingerprint density at radius 2 is 1.46 bits per heavy atom. The number of carbonyl (C=O) groups is 2. The zero-order chi connectivity index (χ0) is 29.2. The van der Waals surface area contributed by atoms with Gasteiger partial charge in [-0.1, -0.05) is 81.9 Å². The standard InChI is InChI=1S/C34H52O4Si/c1-10-11-15-29(33(36)38-34(4,5)6)24-30(32(35)37-22-23-39(7,8)9)21-18-27-16-19-28(20-17-27)31-25(2)13-12-14-26(31)3/h12-14,16-17,19-20,29-30H,10-11,15,18,21-24H2,1-9H3/t29-,30+/m0/s1. The maximum atomic E-state index is 13.3. The van der Waals surface area contributed by atoms with Crippen LogP contribution in [0.15, 0.2) is 42.5 Å². The van der Waals surface area contributed by atoms with Crippen molar-refractivity contribution in [2.24, 2.45) is 11.8 Å². The van der Waals surface area contributed by atoms with E-state index in [0.29, 0.717) is 19.4 Å². The fourth-order valence-electron chi connectivity index (χ4n) is 4.87. The molecular weight excluding hydrogens is 500 g/mol. The van der Waals surface area contributed by atoms with Gasteiger partial charge in [0.1, 0.15) is 5.60 Å². The topological polar surface area (TPSA) is 52.6 Å². The van der Waals surface area contributed by atoms with Gasteiger partial charge in [-0.25, -0.2) is 0 Å².